The average molecular weight is 264 g/mol. The largest absolute Gasteiger partial charge is 1.00 e. The van der Waals surface area contributed by atoms with Crippen molar-refractivity contribution in [3.63, 3.8) is 0 Å². The van der Waals surface area contributed by atoms with Gasteiger partial charge in [0, 0.05) is 18.0 Å². The van der Waals surface area contributed by atoms with E-state index in [0.717, 1.165) is 9.04 Å². The molecule has 72 valence electrons. The van der Waals surface area contributed by atoms with E-state index in [0.29, 0.717) is 5.52 Å². The average Bonchev–Trinajstić information content (AvgIpc) is 2.59. The number of pyridine rings is 1. The molecule has 0 fully saturated rings. The molecular weight excluding hydrogens is 259 g/mol. The van der Waals surface area contributed by atoms with Crippen LogP contribution in [0.25, 0.3) is 10.2 Å². The molecule has 0 radical (unpaired) electrons. The first-order chi connectivity index (χ1) is 6.72. The summed E-state index contributed by atoms with van der Waals surface area (Å²) in [6.07, 6.45) is 4.77. The van der Waals surface area contributed by atoms with Crippen LogP contribution >= 0.6 is 23.1 Å². The van der Waals surface area contributed by atoms with Gasteiger partial charge in [0.25, 0.3) is 0 Å². The minimum absolute atomic E-state index is 0. The summed E-state index contributed by atoms with van der Waals surface area (Å²) in [4.78, 5) is 18.7. The van der Waals surface area contributed by atoms with Crippen LogP contribution in [-0.2, 0) is 0 Å². The van der Waals surface area contributed by atoms with E-state index in [2.05, 4.69) is 9.97 Å². The molecule has 0 aliphatic heterocycles. The van der Waals surface area contributed by atoms with Crippen molar-refractivity contribution in [1.29, 1.82) is 0 Å². The van der Waals surface area contributed by atoms with Crippen LogP contribution in [0.1, 0.15) is 10.4 Å². The van der Waals surface area contributed by atoms with Crippen LogP contribution < -0.4 is 56.5 Å². The van der Waals surface area contributed by atoms with Gasteiger partial charge >= 0.3 is 51.4 Å². The Balaban J connectivity index is 0.00000112. The summed E-state index contributed by atoms with van der Waals surface area (Å²) in [7, 11) is 0. The van der Waals surface area contributed by atoms with Gasteiger partial charge in [-0.25, -0.2) is 4.98 Å². The third-order valence-corrected chi connectivity index (χ3v) is 3.65. The number of carbonyl (C=O) groups excluding carboxylic acids is 1. The maximum absolute atomic E-state index is 10.7. The summed E-state index contributed by atoms with van der Waals surface area (Å²) in [5.74, 6) is -1.24. The molecule has 0 atom stereocenters. The Morgan fingerprint density at radius 2 is 2.27 bits per heavy atom. The van der Waals surface area contributed by atoms with Gasteiger partial charge in [0.1, 0.15) is 0 Å². The number of hydrogen-bond acceptors (Lipinski definition) is 6. The molecule has 0 unspecified atom stereocenters. The number of thioether (sulfide) groups is 1. The van der Waals surface area contributed by atoms with Crippen molar-refractivity contribution < 1.29 is 61.3 Å². The molecule has 0 aliphatic rings. The van der Waals surface area contributed by atoms with Crippen molar-refractivity contribution in [3.8, 4) is 0 Å². The fourth-order valence-electron chi connectivity index (χ4n) is 1.07. The summed E-state index contributed by atoms with van der Waals surface area (Å²) >= 11 is 2.91. The van der Waals surface area contributed by atoms with Crippen molar-refractivity contribution in [2.24, 2.45) is 0 Å². The molecule has 0 spiro atoms. The van der Waals surface area contributed by atoms with Gasteiger partial charge in [0.2, 0.25) is 0 Å². The van der Waals surface area contributed by atoms with E-state index in [4.69, 9.17) is 0 Å². The molecule has 2 aromatic heterocycles. The molecular formula is C8H5KN2O2S2. The number of carbonyl (C=O) groups is 1. The number of nitrogens with zero attached hydrogens (tertiary/aromatic N) is 2. The molecule has 15 heavy (non-hydrogen) atoms. The zero-order valence-electron chi connectivity index (χ0n) is 8.18. The van der Waals surface area contributed by atoms with E-state index < -0.39 is 5.97 Å². The summed E-state index contributed by atoms with van der Waals surface area (Å²) in [6, 6.07) is 0. The molecule has 2 heterocycles. The molecule has 0 saturated carbocycles. The molecule has 0 bridgehead atoms. The number of aromatic nitrogens is 2. The monoisotopic (exact) mass is 264 g/mol. The number of carboxylic acid groups (broad SMARTS) is 1. The molecule has 0 N–H and O–H groups in total. The van der Waals surface area contributed by atoms with Crippen LogP contribution in [0.4, 0.5) is 0 Å². The fourth-order valence-corrected chi connectivity index (χ4v) is 2.55. The van der Waals surface area contributed by atoms with Crippen molar-refractivity contribution in [2.45, 2.75) is 4.34 Å². The van der Waals surface area contributed by atoms with E-state index in [9.17, 15) is 9.90 Å². The van der Waals surface area contributed by atoms with Crippen LogP contribution in [0.15, 0.2) is 16.7 Å². The third-order valence-electron chi connectivity index (χ3n) is 1.68. The van der Waals surface area contributed by atoms with Crippen molar-refractivity contribution in [2.75, 3.05) is 6.26 Å². The van der Waals surface area contributed by atoms with Crippen LogP contribution in [0, 0.1) is 0 Å². The Hall–Kier alpha value is 0.496. The molecule has 0 aliphatic carbocycles. The minimum atomic E-state index is -1.24. The Kier molecular flexibility index (Phi) is 5.17. The predicted molar refractivity (Wildman–Crippen MR) is 53.5 cm³/mol. The number of carboxylic acids is 1. The molecule has 2 rings (SSSR count). The van der Waals surface area contributed by atoms with Crippen molar-refractivity contribution >= 4 is 39.3 Å². The molecule has 0 aromatic carbocycles. The fraction of sp³-hybridized carbons (Fsp3) is 0.125. The summed E-state index contributed by atoms with van der Waals surface area (Å²) in [5.41, 5.74) is 0.522. The van der Waals surface area contributed by atoms with Crippen molar-refractivity contribution in [1.82, 2.24) is 9.97 Å². The molecule has 2 aromatic rings. The van der Waals surface area contributed by atoms with E-state index in [1.807, 2.05) is 6.26 Å². The van der Waals surface area contributed by atoms with Crippen LogP contribution in [0.2, 0.25) is 0 Å². The topological polar surface area (TPSA) is 65.9 Å². The number of rotatable bonds is 2. The summed E-state index contributed by atoms with van der Waals surface area (Å²) < 4.78 is 1.60. The van der Waals surface area contributed by atoms with Crippen LogP contribution in [0.5, 0.6) is 0 Å². The first kappa shape index (κ1) is 13.6. The Labute approximate surface area is 137 Å². The van der Waals surface area contributed by atoms with Crippen LogP contribution in [0.3, 0.4) is 0 Å². The van der Waals surface area contributed by atoms with Crippen molar-refractivity contribution in [3.05, 3.63) is 18.0 Å². The van der Waals surface area contributed by atoms with E-state index >= 15 is 0 Å². The van der Waals surface area contributed by atoms with E-state index in [-0.39, 0.29) is 56.9 Å². The summed E-state index contributed by atoms with van der Waals surface area (Å²) in [5, 5.41) is 10.7. The first-order valence-electron chi connectivity index (χ1n) is 3.72. The molecule has 7 heteroatoms. The second kappa shape index (κ2) is 5.71. The summed E-state index contributed by atoms with van der Waals surface area (Å²) in [6.45, 7) is 0. The van der Waals surface area contributed by atoms with Crippen LogP contribution in [-0.4, -0.2) is 22.2 Å². The maximum atomic E-state index is 10.7. The standard InChI is InChI=1S/C8H6N2O2S2.K/c1-13-8-10-6-4(7(11)12)2-9-3-5(6)14-8;/h2-3H,1H3,(H,11,12);/q;+1/p-1. The van der Waals surface area contributed by atoms with E-state index in [1.54, 1.807) is 6.20 Å². The smallest absolute Gasteiger partial charge is 0.545 e. The van der Waals surface area contributed by atoms with Gasteiger partial charge in [-0.1, -0.05) is 11.8 Å². The zero-order valence-corrected chi connectivity index (χ0v) is 12.9. The van der Waals surface area contributed by atoms with Gasteiger partial charge in [-0.15, -0.1) is 11.3 Å². The van der Waals surface area contributed by atoms with Gasteiger partial charge in [-0.3, -0.25) is 4.98 Å². The second-order valence-corrected chi connectivity index (χ2v) is 4.59. The van der Waals surface area contributed by atoms with E-state index in [1.165, 1.54) is 29.3 Å². The molecule has 4 nitrogen and oxygen atoms in total. The van der Waals surface area contributed by atoms with Gasteiger partial charge in [-0.05, 0) is 6.26 Å². The Bertz CT molecular complexity index is 500. The maximum Gasteiger partial charge on any atom is 1.00 e. The van der Waals surface area contributed by atoms with Gasteiger partial charge in [0.05, 0.1) is 16.2 Å². The Morgan fingerprint density at radius 1 is 1.53 bits per heavy atom. The molecule has 0 saturated heterocycles. The quantitative estimate of drug-likeness (QED) is 0.454. The third kappa shape index (κ3) is 2.79. The number of thiazole rings is 1. The van der Waals surface area contributed by atoms with Gasteiger partial charge in [0.15, 0.2) is 4.34 Å². The SMILES string of the molecule is CSc1nc2c(C(=O)[O-])cncc2s1.[K+]. The Morgan fingerprint density at radius 3 is 2.87 bits per heavy atom. The predicted octanol–water partition coefficient (Wildman–Crippen LogP) is -2.22. The van der Waals surface area contributed by atoms with Gasteiger partial charge in [-0.2, -0.15) is 0 Å². The number of hydrogen-bond donors (Lipinski definition) is 0. The second-order valence-electron chi connectivity index (χ2n) is 2.51. The number of fused-ring (bicyclic) bond motifs is 1. The first-order valence-corrected chi connectivity index (χ1v) is 5.76. The normalized spacial score (nSPS) is 9.93. The zero-order chi connectivity index (χ0) is 10.1. The minimum Gasteiger partial charge on any atom is -0.545 e. The van der Waals surface area contributed by atoms with Gasteiger partial charge < -0.3 is 9.90 Å². The number of aromatic carboxylic acids is 1. The molecule has 0 amide bonds.